The van der Waals surface area contributed by atoms with Gasteiger partial charge in [0.15, 0.2) is 0 Å². The van der Waals surface area contributed by atoms with Crippen LogP contribution in [0.3, 0.4) is 0 Å². The first-order valence-electron chi connectivity index (χ1n) is 5.35. The Hall–Kier alpha value is -1.22. The van der Waals surface area contributed by atoms with Gasteiger partial charge < -0.3 is 4.74 Å². The molecule has 2 nitrogen and oxygen atoms in total. The number of hydrogen-bond acceptors (Lipinski definition) is 2. The number of hydrogen-bond donors (Lipinski definition) is 0. The Morgan fingerprint density at radius 2 is 1.68 bits per heavy atom. The fraction of sp³-hybridized carbons (Fsp3) is 0.0714. The van der Waals surface area contributed by atoms with E-state index in [4.69, 9.17) is 34.8 Å². The Kier molecular flexibility index (Phi) is 4.35. The molecule has 0 unspecified atom stereocenters. The molecule has 0 amide bonds. The normalized spacial score (nSPS) is 10.3. The smallest absolute Gasteiger partial charge is 0.337 e. The van der Waals surface area contributed by atoms with Gasteiger partial charge in [-0.2, -0.15) is 0 Å². The van der Waals surface area contributed by atoms with Gasteiger partial charge in [0.25, 0.3) is 0 Å². The van der Waals surface area contributed by atoms with E-state index < -0.39 is 5.97 Å². The van der Waals surface area contributed by atoms with Crippen molar-refractivity contribution in [3.05, 3.63) is 57.0 Å². The number of benzene rings is 2. The van der Waals surface area contributed by atoms with E-state index in [0.717, 1.165) is 11.1 Å². The van der Waals surface area contributed by atoms with Crippen molar-refractivity contribution in [1.82, 2.24) is 0 Å². The van der Waals surface area contributed by atoms with Crippen LogP contribution in [0.15, 0.2) is 36.4 Å². The van der Waals surface area contributed by atoms with E-state index in [1.54, 1.807) is 36.4 Å². The van der Waals surface area contributed by atoms with Gasteiger partial charge in [0.1, 0.15) is 0 Å². The zero-order valence-corrected chi connectivity index (χ0v) is 12.2. The van der Waals surface area contributed by atoms with Gasteiger partial charge in [-0.3, -0.25) is 0 Å². The Morgan fingerprint density at radius 3 is 2.32 bits per heavy atom. The second-order valence-corrected chi connectivity index (χ2v) is 5.10. The van der Waals surface area contributed by atoms with Crippen LogP contribution in [0.4, 0.5) is 0 Å². The molecule has 0 aromatic heterocycles. The number of carbonyl (C=O) groups is 1. The summed E-state index contributed by atoms with van der Waals surface area (Å²) in [5, 5.41) is 1.36. The molecule has 0 atom stereocenters. The van der Waals surface area contributed by atoms with E-state index in [9.17, 15) is 4.79 Å². The highest BCUT2D eigenvalue weighted by atomic mass is 35.5. The molecule has 0 heterocycles. The van der Waals surface area contributed by atoms with Crippen LogP contribution in [0, 0.1) is 0 Å². The molecule has 0 saturated heterocycles. The number of rotatable bonds is 2. The molecular formula is C14H9Cl3O2. The molecule has 2 aromatic rings. The number of halogens is 3. The lowest BCUT2D eigenvalue weighted by Crippen LogP contribution is -2.01. The van der Waals surface area contributed by atoms with Crippen LogP contribution >= 0.6 is 34.8 Å². The molecular weight excluding hydrogens is 307 g/mol. The van der Waals surface area contributed by atoms with Crippen LogP contribution < -0.4 is 0 Å². The van der Waals surface area contributed by atoms with Gasteiger partial charge in [0.05, 0.1) is 22.7 Å². The predicted molar refractivity (Wildman–Crippen MR) is 78.2 cm³/mol. The first-order valence-corrected chi connectivity index (χ1v) is 6.49. The van der Waals surface area contributed by atoms with E-state index in [2.05, 4.69) is 4.74 Å². The largest absolute Gasteiger partial charge is 0.465 e. The monoisotopic (exact) mass is 314 g/mol. The van der Waals surface area contributed by atoms with Gasteiger partial charge in [0, 0.05) is 5.02 Å². The summed E-state index contributed by atoms with van der Waals surface area (Å²) in [5.74, 6) is -0.441. The average Bonchev–Trinajstić information content (AvgIpc) is 2.40. The number of ether oxygens (including phenoxy) is 1. The maximum Gasteiger partial charge on any atom is 0.337 e. The highest BCUT2D eigenvalue weighted by Gasteiger charge is 2.10. The van der Waals surface area contributed by atoms with Crippen molar-refractivity contribution in [2.24, 2.45) is 0 Å². The van der Waals surface area contributed by atoms with Crippen LogP contribution in [-0.4, -0.2) is 13.1 Å². The molecule has 0 aliphatic carbocycles. The summed E-state index contributed by atoms with van der Waals surface area (Å²) in [6.07, 6.45) is 0. The van der Waals surface area contributed by atoms with Crippen LogP contribution in [-0.2, 0) is 4.74 Å². The molecule has 0 aliphatic rings. The third kappa shape index (κ3) is 3.21. The molecule has 0 bridgehead atoms. The lowest BCUT2D eigenvalue weighted by molar-refractivity contribution is 0.0601. The van der Waals surface area contributed by atoms with E-state index in [1.165, 1.54) is 7.11 Å². The lowest BCUT2D eigenvalue weighted by atomic mass is 10.0. The standard InChI is InChI=1S/C14H9Cl3O2/c1-19-14(18)10-4-9(5-11(15)6-10)8-2-3-12(16)13(17)7-8/h2-7H,1H3. The molecule has 98 valence electrons. The molecule has 2 rings (SSSR count). The molecule has 5 heteroatoms. The van der Waals surface area contributed by atoms with Crippen molar-refractivity contribution in [2.45, 2.75) is 0 Å². The van der Waals surface area contributed by atoms with Gasteiger partial charge in [-0.25, -0.2) is 4.79 Å². The van der Waals surface area contributed by atoms with Crippen molar-refractivity contribution in [3.8, 4) is 11.1 Å². The SMILES string of the molecule is COC(=O)c1cc(Cl)cc(-c2ccc(Cl)c(Cl)c2)c1. The first-order chi connectivity index (χ1) is 9.01. The van der Waals surface area contributed by atoms with Gasteiger partial charge in [0.2, 0.25) is 0 Å². The highest BCUT2D eigenvalue weighted by Crippen LogP contribution is 2.30. The predicted octanol–water partition coefficient (Wildman–Crippen LogP) is 5.10. The molecule has 0 spiro atoms. The Bertz CT molecular complexity index is 639. The average molecular weight is 316 g/mol. The third-order valence-corrected chi connectivity index (χ3v) is 3.53. The van der Waals surface area contributed by atoms with Crippen molar-refractivity contribution >= 4 is 40.8 Å². The fourth-order valence-electron chi connectivity index (χ4n) is 1.67. The maximum absolute atomic E-state index is 11.5. The van der Waals surface area contributed by atoms with Gasteiger partial charge in [-0.1, -0.05) is 40.9 Å². The zero-order valence-electron chi connectivity index (χ0n) is 9.91. The summed E-state index contributed by atoms with van der Waals surface area (Å²) < 4.78 is 4.68. The second-order valence-electron chi connectivity index (χ2n) is 3.85. The second kappa shape index (κ2) is 5.83. The number of methoxy groups -OCH3 is 1. The summed E-state index contributed by atoms with van der Waals surface area (Å²) in [5.41, 5.74) is 1.98. The van der Waals surface area contributed by atoms with E-state index in [-0.39, 0.29) is 0 Å². The van der Waals surface area contributed by atoms with Crippen molar-refractivity contribution in [2.75, 3.05) is 7.11 Å². The van der Waals surface area contributed by atoms with E-state index in [1.807, 2.05) is 0 Å². The summed E-state index contributed by atoms with van der Waals surface area (Å²) in [6, 6.07) is 10.2. The lowest BCUT2D eigenvalue weighted by Gasteiger charge is -2.07. The Labute approximate surface area is 125 Å². The van der Waals surface area contributed by atoms with Crippen LogP contribution in [0.5, 0.6) is 0 Å². The van der Waals surface area contributed by atoms with Gasteiger partial charge in [-0.15, -0.1) is 0 Å². The molecule has 0 N–H and O–H groups in total. The fourth-order valence-corrected chi connectivity index (χ4v) is 2.20. The molecule has 0 fully saturated rings. The first kappa shape index (κ1) is 14.2. The van der Waals surface area contributed by atoms with Gasteiger partial charge in [-0.05, 0) is 41.5 Å². The van der Waals surface area contributed by atoms with E-state index >= 15 is 0 Å². The number of esters is 1. The molecule has 2 aromatic carbocycles. The topological polar surface area (TPSA) is 26.3 Å². The van der Waals surface area contributed by atoms with Crippen molar-refractivity contribution < 1.29 is 9.53 Å². The van der Waals surface area contributed by atoms with Crippen LogP contribution in [0.25, 0.3) is 11.1 Å². The van der Waals surface area contributed by atoms with Crippen molar-refractivity contribution in [3.63, 3.8) is 0 Å². The zero-order chi connectivity index (χ0) is 14.0. The summed E-state index contributed by atoms with van der Waals surface area (Å²) in [4.78, 5) is 11.5. The minimum absolute atomic E-state index is 0.385. The van der Waals surface area contributed by atoms with Crippen molar-refractivity contribution in [1.29, 1.82) is 0 Å². The Morgan fingerprint density at radius 1 is 0.947 bits per heavy atom. The molecule has 19 heavy (non-hydrogen) atoms. The molecule has 0 saturated carbocycles. The highest BCUT2D eigenvalue weighted by molar-refractivity contribution is 6.42. The summed E-state index contributed by atoms with van der Waals surface area (Å²) in [7, 11) is 1.32. The van der Waals surface area contributed by atoms with Gasteiger partial charge >= 0.3 is 5.97 Å². The van der Waals surface area contributed by atoms with E-state index in [0.29, 0.717) is 20.6 Å². The third-order valence-electron chi connectivity index (χ3n) is 2.57. The Balaban J connectivity index is 2.52. The maximum atomic E-state index is 11.5. The summed E-state index contributed by atoms with van der Waals surface area (Å²) in [6.45, 7) is 0. The summed E-state index contributed by atoms with van der Waals surface area (Å²) >= 11 is 17.9. The minimum Gasteiger partial charge on any atom is -0.465 e. The number of carbonyl (C=O) groups excluding carboxylic acids is 1. The van der Waals surface area contributed by atoms with Crippen LogP contribution in [0.2, 0.25) is 15.1 Å². The van der Waals surface area contributed by atoms with Crippen LogP contribution in [0.1, 0.15) is 10.4 Å². The minimum atomic E-state index is -0.441. The molecule has 0 aliphatic heterocycles. The molecule has 0 radical (unpaired) electrons. The quantitative estimate of drug-likeness (QED) is 0.721.